The van der Waals surface area contributed by atoms with Gasteiger partial charge in [0.25, 0.3) is 11.1 Å². The van der Waals surface area contributed by atoms with E-state index in [1.165, 1.54) is 27.9 Å². The van der Waals surface area contributed by atoms with Crippen LogP contribution in [0.4, 0.5) is 22.7 Å². The van der Waals surface area contributed by atoms with E-state index in [0.29, 0.717) is 12.8 Å². The number of aromatic hydroxyl groups is 2. The van der Waals surface area contributed by atoms with Crippen LogP contribution < -0.4 is 11.1 Å². The van der Waals surface area contributed by atoms with Gasteiger partial charge in [0.05, 0.1) is 24.3 Å². The number of unbranched alkanes of at least 4 members (excludes halogenated alkanes) is 7. The minimum atomic E-state index is -0.638. The molecule has 0 aliphatic carbocycles. The van der Waals surface area contributed by atoms with Crippen molar-refractivity contribution < 1.29 is 29.3 Å². The third kappa shape index (κ3) is 9.97. The van der Waals surface area contributed by atoms with Gasteiger partial charge in [0.15, 0.2) is 11.4 Å². The van der Waals surface area contributed by atoms with Crippen LogP contribution in [-0.4, -0.2) is 44.5 Å². The summed E-state index contributed by atoms with van der Waals surface area (Å²) in [4.78, 5) is 50.9. The molecule has 0 amide bonds. The summed E-state index contributed by atoms with van der Waals surface area (Å²) >= 11 is 0. The number of hydrogen-bond acceptors (Lipinski definition) is 14. The highest BCUT2D eigenvalue weighted by atomic mass is 16.5. The van der Waals surface area contributed by atoms with Crippen LogP contribution in [0.25, 0.3) is 0 Å². The minimum absolute atomic E-state index is 0.0914. The largest absolute Gasteiger partial charge is 0.493 e. The summed E-state index contributed by atoms with van der Waals surface area (Å²) in [6.07, 6.45) is 7.01. The summed E-state index contributed by atoms with van der Waals surface area (Å²) in [5, 5.41) is 55.1. The average Bonchev–Trinajstić information content (AvgIpc) is 3.20. The highest BCUT2D eigenvalue weighted by Crippen LogP contribution is 2.29. The molecule has 0 saturated heterocycles. The molecule has 0 aliphatic rings. The van der Waals surface area contributed by atoms with Crippen LogP contribution in [0, 0.1) is 36.5 Å². The number of nitrogens with zero attached hydrogens (tertiary/aromatic N) is 8. The van der Waals surface area contributed by atoms with Crippen molar-refractivity contribution in [1.82, 2.24) is 9.13 Å². The molecule has 290 valence electrons. The van der Waals surface area contributed by atoms with Crippen molar-refractivity contribution in [3.63, 3.8) is 0 Å². The summed E-state index contributed by atoms with van der Waals surface area (Å²) in [5.41, 5.74) is -0.610. The Kier molecular flexibility index (Phi) is 14.9. The first-order chi connectivity index (χ1) is 26.9. The quantitative estimate of drug-likeness (QED) is 0.0601. The van der Waals surface area contributed by atoms with Crippen molar-refractivity contribution in [3.8, 4) is 23.9 Å². The Morgan fingerprint density at radius 3 is 1.30 bits per heavy atom. The van der Waals surface area contributed by atoms with E-state index in [4.69, 9.17) is 9.47 Å². The topological polar surface area (TPSA) is 234 Å². The number of ether oxygens (including phenoxy) is 2. The zero-order valence-corrected chi connectivity index (χ0v) is 31.6. The smallest absolute Gasteiger partial charge is 0.340 e. The monoisotopic (exact) mass is 762 g/mol. The Morgan fingerprint density at radius 2 is 0.946 bits per heavy atom. The Bertz CT molecular complexity index is 2200. The van der Waals surface area contributed by atoms with Crippen LogP contribution in [0.5, 0.6) is 11.8 Å². The molecule has 4 aromatic rings. The number of esters is 2. The lowest BCUT2D eigenvalue weighted by molar-refractivity contribution is 0.0488. The maximum atomic E-state index is 12.8. The molecular formula is C40H42N8O8. The lowest BCUT2D eigenvalue weighted by Gasteiger charge is -2.09. The van der Waals surface area contributed by atoms with Crippen LogP contribution in [0.2, 0.25) is 0 Å². The predicted molar refractivity (Wildman–Crippen MR) is 204 cm³/mol. The number of aromatic nitrogens is 2. The fourth-order valence-corrected chi connectivity index (χ4v) is 5.67. The lowest BCUT2D eigenvalue weighted by Crippen LogP contribution is -2.18. The Morgan fingerprint density at radius 1 is 0.607 bits per heavy atom. The lowest BCUT2D eigenvalue weighted by atomic mass is 10.1. The molecule has 2 aromatic heterocycles. The van der Waals surface area contributed by atoms with Crippen molar-refractivity contribution >= 4 is 34.7 Å². The molecule has 2 aromatic carbocycles. The van der Waals surface area contributed by atoms with E-state index >= 15 is 0 Å². The molecule has 16 nitrogen and oxygen atoms in total. The van der Waals surface area contributed by atoms with Crippen LogP contribution in [0.3, 0.4) is 0 Å². The van der Waals surface area contributed by atoms with Gasteiger partial charge < -0.3 is 19.7 Å². The van der Waals surface area contributed by atoms with Gasteiger partial charge >= 0.3 is 11.9 Å². The normalized spacial score (nSPS) is 11.1. The molecule has 4 rings (SSSR count). The molecule has 0 saturated carbocycles. The molecule has 2 N–H and O–H groups in total. The standard InChI is InChI=1S/C40H42N8O8/c1-25-29(23-41)35(49)47(3)37(51)33(25)45-43-31-19-13-11-17-27(31)39(53)55-21-15-9-7-5-6-8-10-16-22-56-40(54)28-18-12-14-20-32(28)44-46-34-26(2)30(24-42)36(50)48(4)38(34)52/h11-14,17-20,49-50H,5-10,15-16,21-22H2,1-4H3. The van der Waals surface area contributed by atoms with Gasteiger partial charge in [-0.05, 0) is 51.0 Å². The first kappa shape index (κ1) is 41.8. The van der Waals surface area contributed by atoms with Crippen LogP contribution in [-0.2, 0) is 23.6 Å². The fourth-order valence-electron chi connectivity index (χ4n) is 5.67. The SMILES string of the molecule is Cc1c(C#N)c(O)n(C)c(=O)c1N=Nc1ccccc1C(=O)OCCCCCCCCCCOC(=O)c1ccccc1N=Nc1c(C)c(C#N)c(O)n(C)c1=O. The highest BCUT2D eigenvalue weighted by Gasteiger charge is 2.20. The summed E-state index contributed by atoms with van der Waals surface area (Å²) < 4.78 is 12.7. The van der Waals surface area contributed by atoms with E-state index in [2.05, 4.69) is 20.5 Å². The third-order valence-electron chi connectivity index (χ3n) is 9.05. The van der Waals surface area contributed by atoms with Gasteiger partial charge in [-0.15, -0.1) is 20.5 Å². The van der Waals surface area contributed by atoms with Crippen molar-refractivity contribution in [2.75, 3.05) is 13.2 Å². The molecule has 0 radical (unpaired) electrons. The van der Waals surface area contributed by atoms with Gasteiger partial charge in [0.1, 0.15) is 34.6 Å². The average molecular weight is 763 g/mol. The Balaban J connectivity index is 1.14. The van der Waals surface area contributed by atoms with Crippen molar-refractivity contribution in [1.29, 1.82) is 10.5 Å². The van der Waals surface area contributed by atoms with Gasteiger partial charge in [-0.3, -0.25) is 18.7 Å². The first-order valence-electron chi connectivity index (χ1n) is 17.9. The fraction of sp³-hybridized carbons (Fsp3) is 0.350. The molecule has 0 aliphatic heterocycles. The van der Waals surface area contributed by atoms with E-state index in [0.717, 1.165) is 47.7 Å². The number of azo groups is 2. The van der Waals surface area contributed by atoms with Gasteiger partial charge in [-0.1, -0.05) is 62.8 Å². The first-order valence-corrected chi connectivity index (χ1v) is 17.9. The van der Waals surface area contributed by atoms with E-state index in [1.54, 1.807) is 48.5 Å². The zero-order chi connectivity index (χ0) is 40.8. The van der Waals surface area contributed by atoms with Gasteiger partial charge in [-0.2, -0.15) is 10.5 Å². The molecule has 0 fully saturated rings. The third-order valence-corrected chi connectivity index (χ3v) is 9.05. The van der Waals surface area contributed by atoms with Crippen molar-refractivity contribution in [3.05, 3.63) is 103 Å². The number of pyridine rings is 2. The molecule has 0 spiro atoms. The van der Waals surface area contributed by atoms with Crippen LogP contribution in [0.15, 0.2) is 78.6 Å². The molecule has 0 atom stereocenters. The van der Waals surface area contributed by atoms with Crippen molar-refractivity contribution in [2.45, 2.75) is 65.2 Å². The molecule has 0 bridgehead atoms. The van der Waals surface area contributed by atoms with E-state index < -0.39 is 34.8 Å². The molecule has 16 heteroatoms. The van der Waals surface area contributed by atoms with E-state index in [9.17, 15) is 39.9 Å². The van der Waals surface area contributed by atoms with Gasteiger partial charge in [-0.25, -0.2) is 9.59 Å². The van der Waals surface area contributed by atoms with Gasteiger partial charge in [0, 0.05) is 25.2 Å². The van der Waals surface area contributed by atoms with E-state index in [1.807, 2.05) is 12.1 Å². The van der Waals surface area contributed by atoms with Crippen LogP contribution >= 0.6 is 0 Å². The Hall–Kier alpha value is -6.94. The molecule has 2 heterocycles. The Labute approximate surface area is 322 Å². The minimum Gasteiger partial charge on any atom is -0.493 e. The van der Waals surface area contributed by atoms with E-state index in [-0.39, 0.29) is 69.3 Å². The number of carbonyl (C=O) groups is 2. The maximum absolute atomic E-state index is 12.8. The number of benzene rings is 2. The number of rotatable bonds is 17. The number of hydrogen-bond donors (Lipinski definition) is 2. The van der Waals surface area contributed by atoms with Crippen molar-refractivity contribution in [2.24, 2.45) is 34.6 Å². The molecule has 56 heavy (non-hydrogen) atoms. The summed E-state index contributed by atoms with van der Waals surface area (Å²) in [6, 6.07) is 16.6. The predicted octanol–water partition coefficient (Wildman–Crippen LogP) is 7.82. The van der Waals surface area contributed by atoms with Crippen LogP contribution in [0.1, 0.15) is 94.3 Å². The number of nitriles is 2. The second-order valence-corrected chi connectivity index (χ2v) is 12.8. The molecular weight excluding hydrogens is 720 g/mol. The summed E-state index contributed by atoms with van der Waals surface area (Å²) in [6.45, 7) is 3.41. The molecule has 0 unspecified atom stereocenters. The summed E-state index contributed by atoms with van der Waals surface area (Å²) in [5.74, 6) is -2.08. The summed E-state index contributed by atoms with van der Waals surface area (Å²) in [7, 11) is 2.63. The highest BCUT2D eigenvalue weighted by molar-refractivity contribution is 5.95. The maximum Gasteiger partial charge on any atom is 0.340 e. The zero-order valence-electron chi connectivity index (χ0n) is 31.6. The number of carbonyl (C=O) groups excluding carboxylic acids is 2. The van der Waals surface area contributed by atoms with Gasteiger partial charge in [0.2, 0.25) is 11.8 Å². The second-order valence-electron chi connectivity index (χ2n) is 12.8. The second kappa shape index (κ2) is 19.9.